The minimum atomic E-state index is 0.816. The molecule has 2 unspecified atom stereocenters. The van der Waals surface area contributed by atoms with Crippen LogP contribution in [0.5, 0.6) is 0 Å². The van der Waals surface area contributed by atoms with Crippen LogP contribution in [0.15, 0.2) is 0 Å². The van der Waals surface area contributed by atoms with Crippen molar-refractivity contribution in [1.29, 1.82) is 0 Å². The van der Waals surface area contributed by atoms with Crippen LogP contribution < -0.4 is 0 Å². The SMILES string of the molecule is CCCCCCCC1(CCC)CC1CCC. The molecular formula is C16H32. The van der Waals surface area contributed by atoms with Gasteiger partial charge in [0.25, 0.3) is 0 Å². The fraction of sp³-hybridized carbons (Fsp3) is 1.00. The van der Waals surface area contributed by atoms with Gasteiger partial charge in [-0.3, -0.25) is 0 Å². The van der Waals surface area contributed by atoms with E-state index >= 15 is 0 Å². The normalized spacial score (nSPS) is 28.3. The van der Waals surface area contributed by atoms with Crippen molar-refractivity contribution in [2.24, 2.45) is 11.3 Å². The molecule has 1 aliphatic rings. The lowest BCUT2D eigenvalue weighted by Crippen LogP contribution is -2.04. The Morgan fingerprint density at radius 1 is 0.812 bits per heavy atom. The molecule has 2 atom stereocenters. The van der Waals surface area contributed by atoms with E-state index in [1.807, 2.05) is 0 Å². The van der Waals surface area contributed by atoms with Crippen LogP contribution in [-0.2, 0) is 0 Å². The molecular weight excluding hydrogens is 192 g/mol. The maximum absolute atomic E-state index is 2.36. The maximum atomic E-state index is 2.36. The predicted molar refractivity (Wildman–Crippen MR) is 73.7 cm³/mol. The summed E-state index contributed by atoms with van der Waals surface area (Å²) < 4.78 is 0. The van der Waals surface area contributed by atoms with Gasteiger partial charge in [0.05, 0.1) is 0 Å². The minimum absolute atomic E-state index is 0.816. The van der Waals surface area contributed by atoms with Gasteiger partial charge in [-0.15, -0.1) is 0 Å². The van der Waals surface area contributed by atoms with Crippen LogP contribution in [0.4, 0.5) is 0 Å². The summed E-state index contributed by atoms with van der Waals surface area (Å²) in [6.45, 7) is 7.01. The van der Waals surface area contributed by atoms with Crippen LogP contribution >= 0.6 is 0 Å². The van der Waals surface area contributed by atoms with Crippen LogP contribution in [0, 0.1) is 11.3 Å². The second-order valence-electron chi connectivity index (χ2n) is 5.97. The summed E-state index contributed by atoms with van der Waals surface area (Å²) in [5.41, 5.74) is 0.816. The average molecular weight is 224 g/mol. The van der Waals surface area contributed by atoms with E-state index in [2.05, 4.69) is 20.8 Å². The second kappa shape index (κ2) is 7.35. The van der Waals surface area contributed by atoms with Crippen LogP contribution in [0.2, 0.25) is 0 Å². The number of hydrogen-bond donors (Lipinski definition) is 0. The largest absolute Gasteiger partial charge is 0.0654 e. The van der Waals surface area contributed by atoms with Gasteiger partial charge in [0.2, 0.25) is 0 Å². The van der Waals surface area contributed by atoms with Crippen molar-refractivity contribution in [1.82, 2.24) is 0 Å². The summed E-state index contributed by atoms with van der Waals surface area (Å²) >= 11 is 0. The van der Waals surface area contributed by atoms with Gasteiger partial charge in [-0.25, -0.2) is 0 Å². The first-order valence-electron chi connectivity index (χ1n) is 7.79. The van der Waals surface area contributed by atoms with Crippen LogP contribution in [0.3, 0.4) is 0 Å². The lowest BCUT2D eigenvalue weighted by Gasteiger charge is -2.16. The Morgan fingerprint density at radius 3 is 2.19 bits per heavy atom. The molecule has 0 aromatic heterocycles. The number of hydrogen-bond acceptors (Lipinski definition) is 0. The first-order valence-corrected chi connectivity index (χ1v) is 7.79. The molecule has 1 rings (SSSR count). The van der Waals surface area contributed by atoms with Gasteiger partial charge in [-0.2, -0.15) is 0 Å². The van der Waals surface area contributed by atoms with Gasteiger partial charge >= 0.3 is 0 Å². The van der Waals surface area contributed by atoms with E-state index in [9.17, 15) is 0 Å². The monoisotopic (exact) mass is 224 g/mol. The highest BCUT2D eigenvalue weighted by atomic mass is 14.6. The molecule has 0 N–H and O–H groups in total. The van der Waals surface area contributed by atoms with Gasteiger partial charge in [0, 0.05) is 0 Å². The summed E-state index contributed by atoms with van der Waals surface area (Å²) in [5, 5.41) is 0. The Bertz CT molecular complexity index is 173. The van der Waals surface area contributed by atoms with Crippen molar-refractivity contribution in [2.45, 2.75) is 91.4 Å². The van der Waals surface area contributed by atoms with Gasteiger partial charge in [-0.1, -0.05) is 72.1 Å². The molecule has 0 radical (unpaired) electrons. The van der Waals surface area contributed by atoms with Crippen molar-refractivity contribution in [3.63, 3.8) is 0 Å². The van der Waals surface area contributed by atoms with E-state index in [1.54, 1.807) is 6.42 Å². The van der Waals surface area contributed by atoms with Crippen LogP contribution in [0.25, 0.3) is 0 Å². The number of rotatable bonds is 10. The van der Waals surface area contributed by atoms with E-state index in [0.717, 1.165) is 11.3 Å². The van der Waals surface area contributed by atoms with Crippen molar-refractivity contribution in [2.75, 3.05) is 0 Å². The highest BCUT2D eigenvalue weighted by Crippen LogP contribution is 2.61. The van der Waals surface area contributed by atoms with E-state index in [4.69, 9.17) is 0 Å². The summed E-state index contributed by atoms with van der Waals surface area (Å²) in [6, 6.07) is 0. The Morgan fingerprint density at radius 2 is 1.56 bits per heavy atom. The third-order valence-corrected chi connectivity index (χ3v) is 4.52. The van der Waals surface area contributed by atoms with Crippen molar-refractivity contribution in [3.05, 3.63) is 0 Å². The average Bonchev–Trinajstić information content (AvgIpc) is 2.93. The molecule has 0 aliphatic heterocycles. The Kier molecular flexibility index (Phi) is 6.46. The van der Waals surface area contributed by atoms with E-state index in [-0.39, 0.29) is 0 Å². The molecule has 0 nitrogen and oxygen atoms in total. The summed E-state index contributed by atoms with van der Waals surface area (Å²) in [4.78, 5) is 0. The first kappa shape index (κ1) is 14.1. The second-order valence-corrected chi connectivity index (χ2v) is 5.97. The number of unbranched alkanes of at least 4 members (excludes halogenated alkanes) is 4. The third kappa shape index (κ3) is 4.11. The quantitative estimate of drug-likeness (QED) is 0.402. The maximum Gasteiger partial charge on any atom is -0.0266 e. The highest BCUT2D eigenvalue weighted by molar-refractivity contribution is 5.01. The molecule has 0 saturated heterocycles. The highest BCUT2D eigenvalue weighted by Gasteiger charge is 2.50. The smallest absolute Gasteiger partial charge is 0.0266 e. The van der Waals surface area contributed by atoms with Crippen molar-refractivity contribution in [3.8, 4) is 0 Å². The standard InChI is InChI=1S/C16H32/c1-4-7-8-9-10-13-16(12-6-3)14-15(16)11-5-2/h15H,4-14H2,1-3H3. The van der Waals surface area contributed by atoms with Gasteiger partial charge in [0.15, 0.2) is 0 Å². The van der Waals surface area contributed by atoms with Gasteiger partial charge in [0.1, 0.15) is 0 Å². The Hall–Kier alpha value is 0. The van der Waals surface area contributed by atoms with Gasteiger partial charge < -0.3 is 0 Å². The summed E-state index contributed by atoms with van der Waals surface area (Å²) in [7, 11) is 0. The zero-order valence-electron chi connectivity index (χ0n) is 11.9. The molecule has 0 heterocycles. The van der Waals surface area contributed by atoms with Crippen LogP contribution in [0.1, 0.15) is 91.4 Å². The minimum Gasteiger partial charge on any atom is -0.0654 e. The lowest BCUT2D eigenvalue weighted by atomic mass is 9.89. The third-order valence-electron chi connectivity index (χ3n) is 4.52. The lowest BCUT2D eigenvalue weighted by molar-refractivity contribution is 0.354. The molecule has 0 aromatic carbocycles. The Balaban J connectivity index is 2.15. The molecule has 0 heteroatoms. The molecule has 16 heavy (non-hydrogen) atoms. The molecule has 1 fully saturated rings. The van der Waals surface area contributed by atoms with Crippen molar-refractivity contribution < 1.29 is 0 Å². The fourth-order valence-electron chi connectivity index (χ4n) is 3.50. The first-order chi connectivity index (χ1) is 7.79. The zero-order valence-corrected chi connectivity index (χ0v) is 11.9. The molecule has 96 valence electrons. The Labute approximate surface area is 103 Å². The van der Waals surface area contributed by atoms with E-state index in [1.165, 1.54) is 64.2 Å². The van der Waals surface area contributed by atoms with Gasteiger partial charge in [-0.05, 0) is 30.6 Å². The fourth-order valence-corrected chi connectivity index (χ4v) is 3.50. The van der Waals surface area contributed by atoms with Crippen molar-refractivity contribution >= 4 is 0 Å². The zero-order chi connectivity index (χ0) is 11.9. The topological polar surface area (TPSA) is 0 Å². The molecule has 1 saturated carbocycles. The molecule has 0 aromatic rings. The van der Waals surface area contributed by atoms with Crippen LogP contribution in [-0.4, -0.2) is 0 Å². The molecule has 0 spiro atoms. The summed E-state index contributed by atoms with van der Waals surface area (Å²) in [6.07, 6.45) is 16.2. The molecule has 0 amide bonds. The van der Waals surface area contributed by atoms with E-state index in [0.29, 0.717) is 0 Å². The molecule has 0 bridgehead atoms. The predicted octanol–water partition coefficient (Wildman–Crippen LogP) is 5.95. The molecule has 1 aliphatic carbocycles. The summed E-state index contributed by atoms with van der Waals surface area (Å²) in [5.74, 6) is 1.10. The van der Waals surface area contributed by atoms with E-state index < -0.39 is 0 Å².